The molecule has 0 heterocycles. The molecule has 0 unspecified atom stereocenters. The predicted octanol–water partition coefficient (Wildman–Crippen LogP) is 2.80. The molecule has 0 aliphatic rings. The zero-order valence-corrected chi connectivity index (χ0v) is 9.54. The van der Waals surface area contributed by atoms with Gasteiger partial charge in [-0.3, -0.25) is 0 Å². The van der Waals surface area contributed by atoms with Crippen LogP contribution in [-0.2, 0) is 0 Å². The normalized spacial score (nSPS) is 11.3. The van der Waals surface area contributed by atoms with Crippen molar-refractivity contribution in [3.8, 4) is 11.5 Å². The molecule has 0 fully saturated rings. The second kappa shape index (κ2) is 5.51. The van der Waals surface area contributed by atoms with Crippen LogP contribution in [0.15, 0.2) is 29.3 Å². The first-order valence-electron chi connectivity index (χ1n) is 4.49. The molecule has 3 nitrogen and oxygen atoms in total. The molecule has 0 aliphatic heterocycles. The van der Waals surface area contributed by atoms with E-state index in [0.717, 1.165) is 5.57 Å². The maximum atomic E-state index is 5.74. The van der Waals surface area contributed by atoms with Crippen molar-refractivity contribution in [2.24, 2.45) is 0 Å². The molecule has 0 radical (unpaired) electrons. The Hall–Kier alpha value is -1.35. The maximum absolute atomic E-state index is 5.74. The molecule has 4 heteroatoms. The summed E-state index contributed by atoms with van der Waals surface area (Å²) >= 11 is 5.52. The minimum atomic E-state index is 0.418. The van der Waals surface area contributed by atoms with Gasteiger partial charge in [-0.25, -0.2) is 0 Å². The number of halogens is 1. The number of hydrogen-bond donors (Lipinski definition) is 1. The molecule has 82 valence electrons. The lowest BCUT2D eigenvalue weighted by molar-refractivity contribution is 0.349. The summed E-state index contributed by atoms with van der Waals surface area (Å²) in [5, 5.41) is 0. The van der Waals surface area contributed by atoms with E-state index in [0.29, 0.717) is 23.8 Å². The molecule has 0 saturated heterocycles. The van der Waals surface area contributed by atoms with Gasteiger partial charge in [0.1, 0.15) is 18.1 Å². The van der Waals surface area contributed by atoms with Crippen molar-refractivity contribution in [3.63, 3.8) is 0 Å². The van der Waals surface area contributed by atoms with E-state index in [2.05, 4.69) is 0 Å². The molecule has 0 aliphatic carbocycles. The van der Waals surface area contributed by atoms with Crippen LogP contribution in [0, 0.1) is 0 Å². The van der Waals surface area contributed by atoms with E-state index in [1.54, 1.807) is 25.3 Å². The van der Waals surface area contributed by atoms with Gasteiger partial charge in [0.25, 0.3) is 0 Å². The van der Waals surface area contributed by atoms with Crippen molar-refractivity contribution in [3.05, 3.63) is 29.3 Å². The Labute approximate surface area is 94.4 Å². The highest BCUT2D eigenvalue weighted by Crippen LogP contribution is 2.26. The third kappa shape index (κ3) is 3.36. The van der Waals surface area contributed by atoms with Gasteiger partial charge in [0.2, 0.25) is 0 Å². The first kappa shape index (κ1) is 11.7. The Morgan fingerprint density at radius 3 is 2.87 bits per heavy atom. The average Bonchev–Trinajstić information content (AvgIpc) is 2.27. The smallest absolute Gasteiger partial charge is 0.146 e. The fourth-order valence-electron chi connectivity index (χ4n) is 0.990. The quantitative estimate of drug-likeness (QED) is 0.805. The summed E-state index contributed by atoms with van der Waals surface area (Å²) in [5.41, 5.74) is 8.73. The van der Waals surface area contributed by atoms with Crippen LogP contribution in [0.1, 0.15) is 6.92 Å². The lowest BCUT2D eigenvalue weighted by Crippen LogP contribution is -2.01. The number of methoxy groups -OCH3 is 1. The highest BCUT2D eigenvalue weighted by atomic mass is 35.5. The van der Waals surface area contributed by atoms with E-state index in [1.807, 2.05) is 6.92 Å². The second-order valence-corrected chi connectivity index (χ2v) is 3.37. The number of anilines is 1. The Morgan fingerprint density at radius 2 is 2.27 bits per heavy atom. The van der Waals surface area contributed by atoms with Gasteiger partial charge in [-0.1, -0.05) is 11.6 Å². The van der Waals surface area contributed by atoms with Crippen LogP contribution >= 0.6 is 11.6 Å². The fraction of sp³-hybridized carbons (Fsp3) is 0.273. The van der Waals surface area contributed by atoms with E-state index in [4.69, 9.17) is 26.8 Å². The Kier molecular flexibility index (Phi) is 4.31. The topological polar surface area (TPSA) is 44.5 Å². The molecule has 1 aromatic rings. The van der Waals surface area contributed by atoms with Gasteiger partial charge in [0.05, 0.1) is 12.8 Å². The Morgan fingerprint density at radius 1 is 1.53 bits per heavy atom. The number of hydrogen-bond acceptors (Lipinski definition) is 3. The van der Waals surface area contributed by atoms with Gasteiger partial charge in [-0.05, 0) is 24.6 Å². The van der Waals surface area contributed by atoms with Crippen LogP contribution in [-0.4, -0.2) is 13.7 Å². The molecule has 0 atom stereocenters. The minimum Gasteiger partial charge on any atom is -0.497 e. The van der Waals surface area contributed by atoms with Gasteiger partial charge in [0.15, 0.2) is 0 Å². The third-order valence-corrected chi connectivity index (χ3v) is 2.23. The van der Waals surface area contributed by atoms with Crippen molar-refractivity contribution in [1.29, 1.82) is 0 Å². The van der Waals surface area contributed by atoms with Crippen molar-refractivity contribution in [1.82, 2.24) is 0 Å². The van der Waals surface area contributed by atoms with Crippen LogP contribution in [0.5, 0.6) is 11.5 Å². The first-order valence-corrected chi connectivity index (χ1v) is 4.93. The number of nitrogens with two attached hydrogens (primary N) is 1. The summed E-state index contributed by atoms with van der Waals surface area (Å²) in [6.07, 6.45) is 0. The number of ether oxygens (including phenoxy) is 2. The highest BCUT2D eigenvalue weighted by molar-refractivity contribution is 6.25. The molecule has 1 aromatic carbocycles. The SMILES string of the molecule is COc1ccc(N)c(OC/C(C)=C/Cl)c1. The lowest BCUT2D eigenvalue weighted by Gasteiger charge is -2.10. The number of rotatable bonds is 4. The number of nitrogen functional groups attached to an aromatic ring is 1. The maximum Gasteiger partial charge on any atom is 0.146 e. The average molecular weight is 228 g/mol. The highest BCUT2D eigenvalue weighted by Gasteiger charge is 2.02. The summed E-state index contributed by atoms with van der Waals surface area (Å²) in [4.78, 5) is 0. The molecular formula is C11H14ClNO2. The molecule has 15 heavy (non-hydrogen) atoms. The van der Waals surface area contributed by atoms with Crippen molar-refractivity contribution in [2.75, 3.05) is 19.5 Å². The Bertz CT molecular complexity index is 364. The van der Waals surface area contributed by atoms with Crippen LogP contribution < -0.4 is 15.2 Å². The molecule has 2 N–H and O–H groups in total. The van der Waals surface area contributed by atoms with E-state index < -0.39 is 0 Å². The van der Waals surface area contributed by atoms with Crippen molar-refractivity contribution >= 4 is 17.3 Å². The molecule has 0 amide bonds. The van der Waals surface area contributed by atoms with Crippen molar-refractivity contribution in [2.45, 2.75) is 6.92 Å². The summed E-state index contributed by atoms with van der Waals surface area (Å²) in [6, 6.07) is 5.27. The number of benzene rings is 1. The van der Waals surface area contributed by atoms with Crippen LogP contribution in [0.3, 0.4) is 0 Å². The minimum absolute atomic E-state index is 0.418. The van der Waals surface area contributed by atoms with Gasteiger partial charge >= 0.3 is 0 Å². The summed E-state index contributed by atoms with van der Waals surface area (Å²) in [6.45, 7) is 2.30. The lowest BCUT2D eigenvalue weighted by atomic mass is 10.3. The Balaban J connectivity index is 2.75. The van der Waals surface area contributed by atoms with Gasteiger partial charge in [0, 0.05) is 11.6 Å². The summed E-state index contributed by atoms with van der Waals surface area (Å²) in [5.74, 6) is 1.32. The predicted molar refractivity (Wildman–Crippen MR) is 62.5 cm³/mol. The van der Waals surface area contributed by atoms with E-state index in [1.165, 1.54) is 5.54 Å². The fourth-order valence-corrected chi connectivity index (χ4v) is 1.05. The van der Waals surface area contributed by atoms with Gasteiger partial charge < -0.3 is 15.2 Å². The second-order valence-electron chi connectivity index (χ2n) is 3.15. The van der Waals surface area contributed by atoms with Crippen LogP contribution in [0.25, 0.3) is 0 Å². The summed E-state index contributed by atoms with van der Waals surface area (Å²) in [7, 11) is 1.60. The van der Waals surface area contributed by atoms with Crippen LogP contribution in [0.4, 0.5) is 5.69 Å². The zero-order valence-electron chi connectivity index (χ0n) is 8.79. The molecule has 0 saturated carbocycles. The van der Waals surface area contributed by atoms with Crippen LogP contribution in [0.2, 0.25) is 0 Å². The first-order chi connectivity index (χ1) is 7.17. The van der Waals surface area contributed by atoms with Crippen molar-refractivity contribution < 1.29 is 9.47 Å². The molecule has 1 rings (SSSR count). The van der Waals surface area contributed by atoms with E-state index in [-0.39, 0.29) is 0 Å². The monoisotopic (exact) mass is 227 g/mol. The molecule has 0 aromatic heterocycles. The largest absolute Gasteiger partial charge is 0.497 e. The summed E-state index contributed by atoms with van der Waals surface area (Å²) < 4.78 is 10.5. The van der Waals surface area contributed by atoms with Gasteiger partial charge in [-0.2, -0.15) is 0 Å². The van der Waals surface area contributed by atoms with E-state index in [9.17, 15) is 0 Å². The zero-order chi connectivity index (χ0) is 11.3. The molecular weight excluding hydrogens is 214 g/mol. The standard InChI is InChI=1S/C11H14ClNO2/c1-8(6-12)7-15-11-5-9(14-2)3-4-10(11)13/h3-6H,7,13H2,1-2H3/b8-6+. The molecule has 0 spiro atoms. The third-order valence-electron chi connectivity index (χ3n) is 1.86. The van der Waals surface area contributed by atoms with E-state index >= 15 is 0 Å². The molecule has 0 bridgehead atoms. The van der Waals surface area contributed by atoms with Gasteiger partial charge in [-0.15, -0.1) is 0 Å².